The van der Waals surface area contributed by atoms with Crippen molar-refractivity contribution in [3.8, 4) is 0 Å². The second-order valence-corrected chi connectivity index (χ2v) is 13.9. The predicted octanol–water partition coefficient (Wildman–Crippen LogP) is 2.25. The number of rotatable bonds is 12. The van der Waals surface area contributed by atoms with Crippen molar-refractivity contribution in [1.82, 2.24) is 9.55 Å². The molecular weight excluding hydrogens is 643 g/mol. The fraction of sp³-hybridized carbons (Fsp3) is 0.450. The van der Waals surface area contributed by atoms with Crippen molar-refractivity contribution >= 4 is 29.4 Å². The van der Waals surface area contributed by atoms with E-state index in [1.165, 1.54) is 25.1 Å². The molecule has 23 heteroatoms. The van der Waals surface area contributed by atoms with Gasteiger partial charge in [0.05, 0.1) is 17.7 Å². The molecule has 0 saturated carbocycles. The summed E-state index contributed by atoms with van der Waals surface area (Å²) >= 11 is 0. The van der Waals surface area contributed by atoms with Crippen LogP contribution >= 0.6 is 23.5 Å². The van der Waals surface area contributed by atoms with Gasteiger partial charge in [-0.3, -0.25) is 18.9 Å². The van der Waals surface area contributed by atoms with Gasteiger partial charge in [0.25, 0.3) is 5.56 Å². The molecule has 2 heterocycles. The number of ether oxygens (including phenoxy) is 2. The van der Waals surface area contributed by atoms with Crippen molar-refractivity contribution in [2.45, 2.75) is 51.2 Å². The maximum atomic E-state index is 13.3. The average molecular weight is 669 g/mol. The zero-order chi connectivity index (χ0) is 32.4. The Morgan fingerprint density at radius 2 is 1.81 bits per heavy atom. The number of phosphoric ester groups is 1. The van der Waals surface area contributed by atoms with Gasteiger partial charge in [0.2, 0.25) is 0 Å². The highest BCUT2D eigenvalue weighted by Crippen LogP contribution is 2.66. The van der Waals surface area contributed by atoms with Crippen molar-refractivity contribution < 1.29 is 60.7 Å². The van der Waals surface area contributed by atoms with E-state index in [4.69, 9.17) is 24.8 Å². The Kier molecular flexibility index (Phi) is 10.4. The third-order valence-electron chi connectivity index (χ3n) is 5.81. The number of azide groups is 1. The third-order valence-corrected chi connectivity index (χ3v) is 9.62. The first kappa shape index (κ1) is 34.5. The van der Waals surface area contributed by atoms with Crippen molar-refractivity contribution in [1.29, 1.82) is 0 Å². The molecule has 0 amide bonds. The van der Waals surface area contributed by atoms with Crippen LogP contribution in [-0.2, 0) is 41.9 Å². The maximum Gasteiger partial charge on any atom is 0.490 e. The van der Waals surface area contributed by atoms with Crippen LogP contribution < -0.4 is 11.2 Å². The summed E-state index contributed by atoms with van der Waals surface area (Å²) in [6.07, 6.45) is -3.14. The molecule has 0 aliphatic carbocycles. The van der Waals surface area contributed by atoms with E-state index >= 15 is 0 Å². The lowest BCUT2D eigenvalue weighted by Crippen LogP contribution is -2.33. The first-order valence-corrected chi connectivity index (χ1v) is 16.4. The molecule has 5 N–H and O–H groups in total. The molecule has 3 rings (SSSR count). The van der Waals surface area contributed by atoms with E-state index in [1.807, 2.05) is 0 Å². The summed E-state index contributed by atoms with van der Waals surface area (Å²) in [6, 6.07) is 6.01. The zero-order valence-electron chi connectivity index (χ0n) is 22.4. The molecular formula is C20H26N5O15P3. The van der Waals surface area contributed by atoms with Gasteiger partial charge in [0.1, 0.15) is 18.4 Å². The molecule has 5 atom stereocenters. The van der Waals surface area contributed by atoms with Gasteiger partial charge in [-0.1, -0.05) is 37.2 Å². The van der Waals surface area contributed by atoms with Gasteiger partial charge in [0, 0.05) is 23.1 Å². The van der Waals surface area contributed by atoms with Crippen LogP contribution in [0.15, 0.2) is 45.2 Å². The Bertz CT molecular complexity index is 1690. The average Bonchev–Trinajstić information content (AvgIpc) is 3.25. The van der Waals surface area contributed by atoms with Crippen LogP contribution in [0, 0.1) is 6.92 Å². The number of aromatic nitrogens is 2. The Morgan fingerprint density at radius 3 is 2.44 bits per heavy atom. The largest absolute Gasteiger partial charge is 0.490 e. The summed E-state index contributed by atoms with van der Waals surface area (Å²) in [6.45, 7) is 3.49. The highest BCUT2D eigenvalue weighted by Gasteiger charge is 2.44. The highest BCUT2D eigenvalue weighted by molar-refractivity contribution is 7.66. The summed E-state index contributed by atoms with van der Waals surface area (Å²) in [5, 5.41) is 3.69. The number of aromatic amines is 1. The molecule has 0 spiro atoms. The Balaban J connectivity index is 1.90. The molecule has 1 fully saturated rings. The van der Waals surface area contributed by atoms with Crippen molar-refractivity contribution in [2.75, 3.05) is 6.61 Å². The summed E-state index contributed by atoms with van der Waals surface area (Å²) in [5.74, 6) is -0.959. The molecule has 0 bridgehead atoms. The fourth-order valence-electron chi connectivity index (χ4n) is 3.98. The van der Waals surface area contributed by atoms with E-state index in [9.17, 15) is 37.9 Å². The van der Waals surface area contributed by atoms with E-state index in [0.717, 1.165) is 10.8 Å². The highest BCUT2D eigenvalue weighted by atomic mass is 31.3. The molecule has 43 heavy (non-hydrogen) atoms. The molecule has 1 aromatic heterocycles. The molecule has 1 aromatic carbocycles. The van der Waals surface area contributed by atoms with Gasteiger partial charge >= 0.3 is 35.1 Å². The number of carbonyl (C=O) groups excluding carboxylic acids is 1. The molecule has 20 nitrogen and oxygen atoms in total. The van der Waals surface area contributed by atoms with E-state index in [-0.39, 0.29) is 23.1 Å². The van der Waals surface area contributed by atoms with E-state index in [1.54, 1.807) is 19.9 Å². The van der Waals surface area contributed by atoms with E-state index in [0.29, 0.717) is 0 Å². The van der Waals surface area contributed by atoms with Gasteiger partial charge in [-0.15, -0.1) is 0 Å². The quantitative estimate of drug-likeness (QED) is 0.0711. The number of phosphoric acid groups is 3. The smallest absolute Gasteiger partial charge is 0.456 e. The zero-order valence-corrected chi connectivity index (χ0v) is 25.1. The molecule has 1 aliphatic rings. The number of hydrogen-bond acceptors (Lipinski definition) is 12. The lowest BCUT2D eigenvalue weighted by molar-refractivity contribution is -0.0512. The lowest BCUT2D eigenvalue weighted by atomic mass is 9.91. The normalized spacial score (nSPS) is 21.8. The van der Waals surface area contributed by atoms with Crippen molar-refractivity contribution in [3.63, 3.8) is 0 Å². The van der Waals surface area contributed by atoms with Crippen LogP contribution in [-0.4, -0.2) is 53.9 Å². The number of nitrogens with one attached hydrogen (secondary N) is 1. The van der Waals surface area contributed by atoms with Crippen molar-refractivity contribution in [3.05, 3.63) is 78.4 Å². The number of esters is 1. The van der Waals surface area contributed by atoms with Crippen LogP contribution in [0.25, 0.3) is 10.4 Å². The van der Waals surface area contributed by atoms with Gasteiger partial charge < -0.3 is 29.0 Å². The Morgan fingerprint density at radius 1 is 1.16 bits per heavy atom. The second-order valence-electron chi connectivity index (χ2n) is 9.47. The van der Waals surface area contributed by atoms with Gasteiger partial charge in [-0.2, -0.15) is 8.62 Å². The number of benzene rings is 1. The molecule has 1 aliphatic heterocycles. The summed E-state index contributed by atoms with van der Waals surface area (Å²) < 4.78 is 59.1. The minimum absolute atomic E-state index is 0.0213. The minimum Gasteiger partial charge on any atom is -0.456 e. The molecule has 3 unspecified atom stereocenters. The monoisotopic (exact) mass is 669 g/mol. The number of H-pyrrole nitrogens is 1. The molecule has 2 aromatic rings. The van der Waals surface area contributed by atoms with Gasteiger partial charge in [0.15, 0.2) is 0 Å². The van der Waals surface area contributed by atoms with Gasteiger partial charge in [-0.05, 0) is 24.1 Å². The number of nitrogens with zero attached hydrogens (tertiary/aromatic N) is 4. The Labute approximate surface area is 241 Å². The summed E-state index contributed by atoms with van der Waals surface area (Å²) in [5.41, 5.74) is 6.53. The minimum atomic E-state index is -5.82. The third kappa shape index (κ3) is 9.27. The summed E-state index contributed by atoms with van der Waals surface area (Å²) in [4.78, 5) is 79.0. The van der Waals surface area contributed by atoms with Crippen LogP contribution in [0.2, 0.25) is 0 Å². The first-order chi connectivity index (χ1) is 19.7. The topological polar surface area (TPSA) is 299 Å². The van der Waals surface area contributed by atoms with Crippen LogP contribution in [0.1, 0.15) is 48.0 Å². The standard InChI is InChI=1S/C20H26N5O15P3/c1-11-9-25(19(28)22-17(11)26)16-8-14(38-18(27)12-6-4-5-7-13(12)20(2,3)23-24-21)15(37-16)10-36-42(32,33)40-43(34,35)39-41(29,30)31/h4-7,9,14-16H,8,10H2,1-3H3,(H,32,33)(H,34,35)(H,22,26,28)(H2,29,30,31)/t14?,15-,16-/m1/s1. The second kappa shape index (κ2) is 13.0. The van der Waals surface area contributed by atoms with E-state index in [2.05, 4.69) is 28.2 Å². The van der Waals surface area contributed by atoms with Crippen molar-refractivity contribution in [2.24, 2.45) is 5.11 Å². The molecule has 0 radical (unpaired) electrons. The Hall–Kier alpha value is -2.95. The summed E-state index contributed by atoms with van der Waals surface area (Å²) in [7, 11) is -17.0. The number of hydrogen-bond donors (Lipinski definition) is 5. The van der Waals surface area contributed by atoms with Gasteiger partial charge in [-0.25, -0.2) is 23.3 Å². The molecule has 236 valence electrons. The number of carbonyl (C=O) groups is 1. The van der Waals surface area contributed by atoms with Crippen LogP contribution in [0.3, 0.4) is 0 Å². The molecule has 1 saturated heterocycles. The lowest BCUT2D eigenvalue weighted by Gasteiger charge is -2.24. The van der Waals surface area contributed by atoms with Crippen LogP contribution in [0.5, 0.6) is 0 Å². The van der Waals surface area contributed by atoms with Crippen LogP contribution in [0.4, 0.5) is 0 Å². The fourth-order valence-corrected chi connectivity index (χ4v) is 7.01. The van der Waals surface area contributed by atoms with E-state index < -0.39 is 71.3 Å². The first-order valence-electron chi connectivity index (χ1n) is 11.9. The number of aryl methyl sites for hydroxylation is 1. The predicted molar refractivity (Wildman–Crippen MR) is 142 cm³/mol. The maximum absolute atomic E-state index is 13.3. The SMILES string of the molecule is Cc1cn([C@H]2CC(OC(=O)c3ccccc3C(C)(C)N=[N+]=[N-])[C@@H](COP(=O)(O)OP(=O)(O)OP(=O)(O)O)O2)c(=O)[nH]c1=O.